The van der Waals surface area contributed by atoms with Gasteiger partial charge < -0.3 is 10.6 Å². The predicted molar refractivity (Wildman–Crippen MR) is 43.8 cm³/mol. The first-order valence-electron chi connectivity index (χ1n) is 4.45. The Bertz CT molecular complexity index is 333. The first-order chi connectivity index (χ1) is 6.63. The molecule has 2 unspecified atom stereocenters. The molecule has 3 aliphatic rings. The van der Waals surface area contributed by atoms with Gasteiger partial charge in [0.25, 0.3) is 0 Å². The van der Waals surface area contributed by atoms with Crippen molar-refractivity contribution in [1.82, 2.24) is 20.6 Å². The molecule has 7 nitrogen and oxygen atoms in total. The highest BCUT2D eigenvalue weighted by Gasteiger charge is 2.62. The van der Waals surface area contributed by atoms with Crippen molar-refractivity contribution in [3.8, 4) is 0 Å². The lowest BCUT2D eigenvalue weighted by Crippen LogP contribution is -2.55. The molecule has 2 N–H and O–H groups in total. The normalized spacial score (nSPS) is 39.6. The van der Waals surface area contributed by atoms with E-state index >= 15 is 0 Å². The minimum Gasteiger partial charge on any atom is -0.312 e. The first kappa shape index (κ1) is 7.86. The summed E-state index contributed by atoms with van der Waals surface area (Å²) < 4.78 is 0. The number of nitrogens with zero attached hydrogens (tertiary/aromatic N) is 2. The highest BCUT2D eigenvalue weighted by Crippen LogP contribution is 2.34. The topological polar surface area (TPSA) is 73.9 Å². The molecule has 3 heterocycles. The number of carbonyl (C=O) groups excluding carboxylic acids is 2. The molecule has 7 heteroatoms. The number of fused-ring (bicyclic) bond motifs is 5. The van der Waals surface area contributed by atoms with E-state index in [1.807, 2.05) is 6.92 Å². The van der Waals surface area contributed by atoms with E-state index in [0.717, 1.165) is 0 Å². The first-order valence-corrected chi connectivity index (χ1v) is 4.45. The average molecular weight is 198 g/mol. The van der Waals surface area contributed by atoms with Crippen LogP contribution < -0.4 is 10.6 Å². The number of urea groups is 2. The van der Waals surface area contributed by atoms with Crippen molar-refractivity contribution in [2.75, 3.05) is 13.2 Å². The molecule has 3 aliphatic heterocycles. The maximum absolute atomic E-state index is 11.6. The summed E-state index contributed by atoms with van der Waals surface area (Å²) in [5, 5.41) is 6.60. The molecule has 4 amide bonds. The van der Waals surface area contributed by atoms with Gasteiger partial charge in [0.1, 0.15) is 0 Å². The molecule has 3 fully saturated rings. The van der Waals surface area contributed by atoms with Gasteiger partial charge >= 0.3 is 12.1 Å². The third kappa shape index (κ3) is 0.674. The van der Waals surface area contributed by atoms with Gasteiger partial charge in [-0.15, -0.1) is 0 Å². The summed E-state index contributed by atoms with van der Waals surface area (Å²) in [5.74, 6) is 0. The minimum absolute atomic E-state index is 0.198. The summed E-state index contributed by atoms with van der Waals surface area (Å²) in [5.41, 5.74) is -0.676. The molecule has 3 rings (SSSR count). The zero-order valence-corrected chi connectivity index (χ0v) is 7.61. The summed E-state index contributed by atoms with van der Waals surface area (Å²) in [7, 11) is 0. The number of hydrogen-bond acceptors (Lipinski definition) is 3. The fourth-order valence-corrected chi connectivity index (χ4v) is 2.22. The molecular formula is C7H10N4O3. The number of hydrogen-bond donors (Lipinski definition) is 2. The van der Waals surface area contributed by atoms with Crippen molar-refractivity contribution in [1.29, 1.82) is 0 Å². The van der Waals surface area contributed by atoms with Crippen LogP contribution >= 0.6 is 0 Å². The number of amides is 4. The van der Waals surface area contributed by atoms with Crippen molar-refractivity contribution in [2.24, 2.45) is 0 Å². The van der Waals surface area contributed by atoms with Crippen LogP contribution in [0.4, 0.5) is 9.59 Å². The summed E-state index contributed by atoms with van der Waals surface area (Å²) >= 11 is 0. The Morgan fingerprint density at radius 2 is 2.36 bits per heavy atom. The second kappa shape index (κ2) is 2.11. The Kier molecular flexibility index (Phi) is 1.19. The van der Waals surface area contributed by atoms with Gasteiger partial charge in [-0.3, -0.25) is 9.74 Å². The van der Waals surface area contributed by atoms with E-state index in [0.29, 0.717) is 13.2 Å². The van der Waals surface area contributed by atoms with Gasteiger partial charge in [0, 0.05) is 0 Å². The average Bonchev–Trinajstić information content (AvgIpc) is 2.45. The third-order valence-corrected chi connectivity index (χ3v) is 2.93. The molecule has 0 aromatic carbocycles. The van der Waals surface area contributed by atoms with Crippen LogP contribution in [0.25, 0.3) is 0 Å². The molecule has 0 aliphatic carbocycles. The monoisotopic (exact) mass is 198 g/mol. The van der Waals surface area contributed by atoms with Gasteiger partial charge in [0.2, 0.25) is 0 Å². The van der Waals surface area contributed by atoms with Gasteiger partial charge in [-0.2, -0.15) is 5.06 Å². The smallest absolute Gasteiger partial charge is 0.312 e. The highest BCUT2D eigenvalue weighted by atomic mass is 16.7. The van der Waals surface area contributed by atoms with Crippen molar-refractivity contribution >= 4 is 12.1 Å². The van der Waals surface area contributed by atoms with Crippen LogP contribution in [0, 0.1) is 0 Å². The SMILES string of the molecule is CC12NC(=O)NC1N1OCCN2C1=O. The van der Waals surface area contributed by atoms with Crippen molar-refractivity contribution in [3.05, 3.63) is 0 Å². The Morgan fingerprint density at radius 1 is 1.57 bits per heavy atom. The van der Waals surface area contributed by atoms with E-state index in [1.54, 1.807) is 4.90 Å². The Hall–Kier alpha value is -1.50. The maximum Gasteiger partial charge on any atom is 0.348 e. The van der Waals surface area contributed by atoms with E-state index < -0.39 is 11.8 Å². The fraction of sp³-hybridized carbons (Fsp3) is 0.714. The number of carbonyl (C=O) groups is 2. The molecule has 14 heavy (non-hydrogen) atoms. The zero-order chi connectivity index (χ0) is 9.92. The third-order valence-electron chi connectivity index (χ3n) is 2.93. The van der Waals surface area contributed by atoms with E-state index in [9.17, 15) is 9.59 Å². The summed E-state index contributed by atoms with van der Waals surface area (Å²) in [6, 6.07) is -0.471. The van der Waals surface area contributed by atoms with Crippen molar-refractivity contribution in [3.63, 3.8) is 0 Å². The van der Waals surface area contributed by atoms with Crippen molar-refractivity contribution in [2.45, 2.75) is 18.8 Å². The second-order valence-corrected chi connectivity index (χ2v) is 3.74. The van der Waals surface area contributed by atoms with Crippen LogP contribution in [0.15, 0.2) is 0 Å². The number of nitrogens with one attached hydrogen (secondary N) is 2. The minimum atomic E-state index is -0.676. The van der Waals surface area contributed by atoms with Crippen LogP contribution in [0.2, 0.25) is 0 Å². The molecule has 3 saturated heterocycles. The van der Waals surface area contributed by atoms with E-state index in [2.05, 4.69) is 10.6 Å². The molecule has 0 radical (unpaired) electrons. The molecule has 2 bridgehead atoms. The largest absolute Gasteiger partial charge is 0.348 e. The summed E-state index contributed by atoms with van der Waals surface area (Å²) in [4.78, 5) is 29.6. The number of rotatable bonds is 0. The highest BCUT2D eigenvalue weighted by molar-refractivity contribution is 5.86. The van der Waals surface area contributed by atoms with Crippen LogP contribution in [-0.2, 0) is 4.84 Å². The van der Waals surface area contributed by atoms with Gasteiger partial charge in [-0.05, 0) is 6.92 Å². The molecule has 0 aromatic heterocycles. The molecule has 0 aromatic rings. The van der Waals surface area contributed by atoms with Crippen LogP contribution in [0.3, 0.4) is 0 Å². The summed E-state index contributed by atoms with van der Waals surface area (Å²) in [6.45, 7) is 2.78. The van der Waals surface area contributed by atoms with Crippen LogP contribution in [0.1, 0.15) is 6.92 Å². The quantitative estimate of drug-likeness (QED) is 0.525. The van der Waals surface area contributed by atoms with E-state index in [-0.39, 0.29) is 12.1 Å². The second-order valence-electron chi connectivity index (χ2n) is 3.74. The van der Waals surface area contributed by atoms with Gasteiger partial charge in [-0.25, -0.2) is 9.59 Å². The summed E-state index contributed by atoms with van der Waals surface area (Å²) in [6.07, 6.45) is -0.426. The molecule has 0 saturated carbocycles. The molecular weight excluding hydrogens is 188 g/mol. The van der Waals surface area contributed by atoms with Crippen LogP contribution in [0.5, 0.6) is 0 Å². The maximum atomic E-state index is 11.6. The lowest BCUT2D eigenvalue weighted by molar-refractivity contribution is -0.142. The molecule has 76 valence electrons. The standard InChI is InChI=1S/C7H10N4O3/c1-7-4(8-5(12)9-7)11-6(13)10(7)2-3-14-11/h4H,2-3H2,1H3,(H2,8,9,12). The Morgan fingerprint density at radius 3 is 3.14 bits per heavy atom. The lowest BCUT2D eigenvalue weighted by Gasteiger charge is -2.31. The Labute approximate surface area is 79.9 Å². The van der Waals surface area contributed by atoms with E-state index in [4.69, 9.17) is 4.84 Å². The van der Waals surface area contributed by atoms with Gasteiger partial charge in [0.05, 0.1) is 13.2 Å². The molecule has 0 spiro atoms. The number of hydroxylamine groups is 2. The van der Waals surface area contributed by atoms with Crippen LogP contribution in [-0.4, -0.2) is 47.0 Å². The Balaban J connectivity index is 2.06. The van der Waals surface area contributed by atoms with E-state index in [1.165, 1.54) is 5.06 Å². The fourth-order valence-electron chi connectivity index (χ4n) is 2.22. The predicted octanol–water partition coefficient (Wildman–Crippen LogP) is -0.976. The van der Waals surface area contributed by atoms with Gasteiger partial charge in [0.15, 0.2) is 11.8 Å². The lowest BCUT2D eigenvalue weighted by atomic mass is 10.1. The zero-order valence-electron chi connectivity index (χ0n) is 7.61. The molecule has 2 atom stereocenters. The van der Waals surface area contributed by atoms with Gasteiger partial charge in [-0.1, -0.05) is 0 Å². The van der Waals surface area contributed by atoms with Crippen molar-refractivity contribution < 1.29 is 14.4 Å².